The van der Waals surface area contributed by atoms with Crippen molar-refractivity contribution in [3.05, 3.63) is 0 Å². The van der Waals surface area contributed by atoms with Gasteiger partial charge in [0.05, 0.1) is 0 Å². The highest BCUT2D eigenvalue weighted by molar-refractivity contribution is 5.50. The fraction of sp³-hybridized carbons (Fsp3) is 0.952. The van der Waals surface area contributed by atoms with Crippen LogP contribution >= 0.6 is 0 Å². The van der Waals surface area contributed by atoms with Crippen molar-refractivity contribution in [2.45, 2.75) is 84.5 Å². The lowest BCUT2D eigenvalue weighted by molar-refractivity contribution is -0.117. The number of carbonyl (C=O) groups is 1. The Bertz CT molecular complexity index is 443. The van der Waals surface area contributed by atoms with E-state index in [1.807, 2.05) is 0 Å². The van der Waals surface area contributed by atoms with E-state index in [-0.39, 0.29) is 0 Å². The number of aldehydes is 1. The van der Waals surface area contributed by atoms with Crippen LogP contribution in [0.1, 0.15) is 84.5 Å². The molecule has 1 unspecified atom stereocenters. The summed E-state index contributed by atoms with van der Waals surface area (Å²) in [6.45, 7) is 5.21. The molecule has 0 saturated heterocycles. The van der Waals surface area contributed by atoms with Crippen molar-refractivity contribution >= 4 is 6.29 Å². The van der Waals surface area contributed by atoms with Crippen LogP contribution in [0.2, 0.25) is 0 Å². The van der Waals surface area contributed by atoms with Crippen LogP contribution in [0, 0.1) is 40.4 Å². The van der Waals surface area contributed by atoms with E-state index in [0.29, 0.717) is 16.7 Å². The van der Waals surface area contributed by atoms with E-state index >= 15 is 0 Å². The van der Waals surface area contributed by atoms with E-state index in [1.54, 1.807) is 0 Å². The fourth-order valence-corrected chi connectivity index (χ4v) is 7.91. The fourth-order valence-electron chi connectivity index (χ4n) is 7.91. The molecule has 0 aromatic carbocycles. The highest BCUT2D eigenvalue weighted by Gasteiger charge is 2.59. The van der Waals surface area contributed by atoms with Gasteiger partial charge in [-0.15, -0.1) is 0 Å². The number of rotatable bonds is 2. The Kier molecular flexibility index (Phi) is 3.70. The lowest BCUT2D eigenvalue weighted by atomic mass is 9.45. The average molecular weight is 303 g/mol. The third-order valence-corrected chi connectivity index (χ3v) is 9.16. The molecular weight excluding hydrogens is 268 g/mol. The molecule has 124 valence electrons. The summed E-state index contributed by atoms with van der Waals surface area (Å²) in [7, 11) is 0. The van der Waals surface area contributed by atoms with E-state index < -0.39 is 0 Å². The molecule has 0 heterocycles. The van der Waals surface area contributed by atoms with Crippen molar-refractivity contribution in [3.8, 4) is 0 Å². The summed E-state index contributed by atoms with van der Waals surface area (Å²) in [5.41, 5.74) is 1.14. The minimum atomic E-state index is 0.486. The van der Waals surface area contributed by atoms with Gasteiger partial charge in [0.25, 0.3) is 0 Å². The Morgan fingerprint density at radius 1 is 0.864 bits per heavy atom. The third kappa shape index (κ3) is 1.99. The van der Waals surface area contributed by atoms with Gasteiger partial charge in [-0.2, -0.15) is 0 Å². The zero-order valence-corrected chi connectivity index (χ0v) is 14.7. The van der Waals surface area contributed by atoms with Crippen LogP contribution in [0.25, 0.3) is 0 Å². The summed E-state index contributed by atoms with van der Waals surface area (Å²) in [5.74, 6) is 4.62. The topological polar surface area (TPSA) is 17.1 Å². The van der Waals surface area contributed by atoms with Crippen molar-refractivity contribution < 1.29 is 4.79 Å². The van der Waals surface area contributed by atoms with E-state index in [4.69, 9.17) is 0 Å². The maximum atomic E-state index is 11.1. The van der Waals surface area contributed by atoms with Crippen molar-refractivity contribution in [2.24, 2.45) is 40.4 Å². The molecule has 0 aliphatic heterocycles. The monoisotopic (exact) mass is 302 g/mol. The molecule has 7 atom stereocenters. The molecule has 0 bridgehead atoms. The summed E-state index contributed by atoms with van der Waals surface area (Å²) in [5, 5.41) is 0. The van der Waals surface area contributed by atoms with Gasteiger partial charge in [-0.1, -0.05) is 26.7 Å². The standard InChI is InChI=1S/C21H34O/c1-20-12-4-3-5-15(20)6-8-17-18-9-7-16(11-14-22)21(18,2)13-10-19(17)20/h14-19H,3-13H2,1-2H3/t15?,16-,17+,18+,19+,20+,21-/m1/s1. The van der Waals surface area contributed by atoms with Gasteiger partial charge in [0.15, 0.2) is 0 Å². The van der Waals surface area contributed by atoms with E-state index in [0.717, 1.165) is 30.1 Å². The zero-order valence-electron chi connectivity index (χ0n) is 14.7. The molecule has 4 fully saturated rings. The lowest BCUT2D eigenvalue weighted by Gasteiger charge is -2.60. The second kappa shape index (κ2) is 5.35. The van der Waals surface area contributed by atoms with Gasteiger partial charge >= 0.3 is 0 Å². The van der Waals surface area contributed by atoms with Crippen molar-refractivity contribution in [2.75, 3.05) is 0 Å². The molecule has 4 aliphatic carbocycles. The first kappa shape index (κ1) is 15.2. The van der Waals surface area contributed by atoms with Crippen LogP contribution in [0.5, 0.6) is 0 Å². The molecule has 0 N–H and O–H groups in total. The molecule has 1 nitrogen and oxygen atoms in total. The van der Waals surface area contributed by atoms with Gasteiger partial charge in [-0.3, -0.25) is 0 Å². The summed E-state index contributed by atoms with van der Waals surface area (Å²) in [4.78, 5) is 11.1. The highest BCUT2D eigenvalue weighted by atomic mass is 16.1. The first-order chi connectivity index (χ1) is 10.6. The molecule has 22 heavy (non-hydrogen) atoms. The Morgan fingerprint density at radius 2 is 1.68 bits per heavy atom. The zero-order chi connectivity index (χ0) is 15.4. The van der Waals surface area contributed by atoms with Crippen molar-refractivity contribution in [1.82, 2.24) is 0 Å². The van der Waals surface area contributed by atoms with Gasteiger partial charge in [-0.25, -0.2) is 0 Å². The normalized spacial score (nSPS) is 54.2. The molecule has 4 saturated carbocycles. The molecule has 0 aromatic rings. The molecule has 0 radical (unpaired) electrons. The van der Waals surface area contributed by atoms with Gasteiger partial charge in [-0.05, 0) is 91.8 Å². The van der Waals surface area contributed by atoms with Crippen LogP contribution in [-0.2, 0) is 4.79 Å². The van der Waals surface area contributed by atoms with Gasteiger partial charge in [0.1, 0.15) is 6.29 Å². The number of hydrogen-bond acceptors (Lipinski definition) is 1. The number of carbonyl (C=O) groups excluding carboxylic acids is 1. The molecule has 0 spiro atoms. The number of hydrogen-bond donors (Lipinski definition) is 0. The molecule has 4 aliphatic rings. The minimum Gasteiger partial charge on any atom is -0.303 e. The predicted octanol–water partition coefficient (Wildman–Crippen LogP) is 5.62. The maximum absolute atomic E-state index is 11.1. The molecule has 0 amide bonds. The van der Waals surface area contributed by atoms with Crippen LogP contribution in [0.3, 0.4) is 0 Å². The van der Waals surface area contributed by atoms with E-state index in [1.165, 1.54) is 70.5 Å². The second-order valence-corrected chi connectivity index (χ2v) is 9.62. The Hall–Kier alpha value is -0.330. The Morgan fingerprint density at radius 3 is 2.50 bits per heavy atom. The Balaban J connectivity index is 1.60. The van der Waals surface area contributed by atoms with E-state index in [2.05, 4.69) is 13.8 Å². The summed E-state index contributed by atoms with van der Waals surface area (Å²) >= 11 is 0. The maximum Gasteiger partial charge on any atom is 0.120 e. The molecule has 0 aromatic heterocycles. The highest BCUT2D eigenvalue weighted by Crippen LogP contribution is 2.67. The van der Waals surface area contributed by atoms with Crippen molar-refractivity contribution in [1.29, 1.82) is 0 Å². The van der Waals surface area contributed by atoms with Gasteiger partial charge in [0, 0.05) is 6.42 Å². The minimum absolute atomic E-state index is 0.486. The first-order valence-electron chi connectivity index (χ1n) is 10.0. The largest absolute Gasteiger partial charge is 0.303 e. The summed E-state index contributed by atoms with van der Waals surface area (Å²) in [6, 6.07) is 0. The van der Waals surface area contributed by atoms with Gasteiger partial charge < -0.3 is 4.79 Å². The van der Waals surface area contributed by atoms with Crippen LogP contribution < -0.4 is 0 Å². The predicted molar refractivity (Wildman–Crippen MR) is 90.5 cm³/mol. The average Bonchev–Trinajstić information content (AvgIpc) is 2.84. The van der Waals surface area contributed by atoms with Crippen LogP contribution in [-0.4, -0.2) is 6.29 Å². The Labute approximate surface area is 136 Å². The third-order valence-electron chi connectivity index (χ3n) is 9.16. The van der Waals surface area contributed by atoms with Crippen molar-refractivity contribution in [3.63, 3.8) is 0 Å². The molecule has 4 rings (SSSR count). The first-order valence-corrected chi connectivity index (χ1v) is 10.0. The summed E-state index contributed by atoms with van der Waals surface area (Å²) < 4.78 is 0. The summed E-state index contributed by atoms with van der Waals surface area (Å²) in [6.07, 6.45) is 16.6. The smallest absolute Gasteiger partial charge is 0.120 e. The lowest BCUT2D eigenvalue weighted by Crippen LogP contribution is -2.52. The van der Waals surface area contributed by atoms with Crippen LogP contribution in [0.4, 0.5) is 0 Å². The van der Waals surface area contributed by atoms with E-state index in [9.17, 15) is 4.79 Å². The quantitative estimate of drug-likeness (QED) is 0.605. The van der Waals surface area contributed by atoms with Crippen LogP contribution in [0.15, 0.2) is 0 Å². The SMILES string of the molecule is C[C@]12CC[C@H]3[C@@H](CCC4CCCC[C@@]43C)[C@@H]1CC[C@@H]2CC=O. The second-order valence-electron chi connectivity index (χ2n) is 9.62. The van der Waals surface area contributed by atoms with Gasteiger partial charge in [0.2, 0.25) is 0 Å². The molecular formula is C21H34O. The molecule has 1 heteroatoms. The number of fused-ring (bicyclic) bond motifs is 5.